The first-order valence-electron chi connectivity index (χ1n) is 10.2. The van der Waals surface area contributed by atoms with Crippen molar-refractivity contribution in [2.75, 3.05) is 11.4 Å². The number of hydrogen-bond donors (Lipinski definition) is 1. The summed E-state index contributed by atoms with van der Waals surface area (Å²) < 4.78 is 67.8. The molecule has 1 atom stereocenters. The molecular formula is C22H17F5N4O3. The van der Waals surface area contributed by atoms with Crippen LogP contribution in [0.5, 0.6) is 0 Å². The first kappa shape index (κ1) is 23.3. The Hall–Kier alpha value is -3.83. The second-order valence-electron chi connectivity index (χ2n) is 7.76. The second kappa shape index (κ2) is 8.50. The fraction of sp³-hybridized carbons (Fsp3) is 0.273. The van der Waals surface area contributed by atoms with Gasteiger partial charge in [-0.3, -0.25) is 23.9 Å². The Balaban J connectivity index is 1.93. The summed E-state index contributed by atoms with van der Waals surface area (Å²) in [4.78, 5) is 43.4. The molecule has 7 nitrogen and oxygen atoms in total. The van der Waals surface area contributed by atoms with Crippen molar-refractivity contribution in [2.24, 2.45) is 0 Å². The zero-order valence-electron chi connectivity index (χ0n) is 17.6. The van der Waals surface area contributed by atoms with E-state index < -0.39 is 40.8 Å². The number of hydrogen-bond acceptors (Lipinski definition) is 4. The molecule has 1 aromatic carbocycles. The number of benzene rings is 1. The molecule has 1 N–H and O–H groups in total. The van der Waals surface area contributed by atoms with Crippen molar-refractivity contribution in [3.8, 4) is 5.69 Å². The first-order chi connectivity index (χ1) is 16.0. The van der Waals surface area contributed by atoms with Crippen molar-refractivity contribution in [3.05, 3.63) is 63.9 Å². The third kappa shape index (κ3) is 4.22. The molecule has 1 saturated heterocycles. The van der Waals surface area contributed by atoms with E-state index in [-0.39, 0.29) is 28.4 Å². The molecule has 0 spiro atoms. The lowest BCUT2D eigenvalue weighted by molar-refractivity contribution is -0.149. The maximum Gasteiger partial charge on any atom is 0.408 e. The minimum absolute atomic E-state index is 0.159. The lowest BCUT2D eigenvalue weighted by Gasteiger charge is -2.19. The van der Waals surface area contributed by atoms with Crippen LogP contribution in [0.4, 0.5) is 27.8 Å². The Morgan fingerprint density at radius 1 is 1.15 bits per heavy atom. The van der Waals surface area contributed by atoms with Gasteiger partial charge in [-0.1, -0.05) is 0 Å². The summed E-state index contributed by atoms with van der Waals surface area (Å²) in [5.41, 5.74) is -2.10. The number of fused-ring (bicyclic) bond motifs is 1. The van der Waals surface area contributed by atoms with E-state index in [1.54, 1.807) is 5.32 Å². The van der Waals surface area contributed by atoms with Gasteiger partial charge in [-0.25, -0.2) is 13.8 Å². The molecule has 1 aliphatic heterocycles. The molecule has 2 aromatic heterocycles. The SMILES string of the molecule is CC(NC(=O)c1cn(-c2ccc(F)cc2F)c2nc(N3CCCC3=O)ccc2c1=O)C(F)(F)F. The number of carbonyl (C=O) groups is 2. The normalized spacial score (nSPS) is 15.1. The minimum atomic E-state index is -4.76. The first-order valence-corrected chi connectivity index (χ1v) is 10.2. The molecule has 0 bridgehead atoms. The standard InChI is InChI=1S/C22H17F5N4O3/c1-11(22(25,26)27)28-21(34)14-10-31(16-6-4-12(23)9-15(16)24)20-13(19(14)33)5-7-17(29-20)30-8-2-3-18(30)32/h4-7,9-11H,2-3,8H2,1H3,(H,28,34). The summed E-state index contributed by atoms with van der Waals surface area (Å²) in [6, 6.07) is 2.89. The number of amides is 2. The Labute approximate surface area is 188 Å². The highest BCUT2D eigenvalue weighted by Gasteiger charge is 2.37. The summed E-state index contributed by atoms with van der Waals surface area (Å²) in [6.45, 7) is 1.08. The number of aromatic nitrogens is 2. The summed E-state index contributed by atoms with van der Waals surface area (Å²) in [6.07, 6.45) is -3.01. The fourth-order valence-electron chi connectivity index (χ4n) is 3.61. The van der Waals surface area contributed by atoms with E-state index in [1.807, 2.05) is 0 Å². The molecule has 3 aromatic rings. The second-order valence-corrected chi connectivity index (χ2v) is 7.76. The number of pyridine rings is 2. The van der Waals surface area contributed by atoms with Gasteiger partial charge in [0.15, 0.2) is 5.65 Å². The van der Waals surface area contributed by atoms with Gasteiger partial charge in [0, 0.05) is 25.2 Å². The highest BCUT2D eigenvalue weighted by molar-refractivity contribution is 5.98. The molecule has 0 saturated carbocycles. The Bertz CT molecular complexity index is 1370. The van der Waals surface area contributed by atoms with Crippen LogP contribution in [-0.4, -0.2) is 40.1 Å². The van der Waals surface area contributed by atoms with E-state index in [0.29, 0.717) is 32.4 Å². The van der Waals surface area contributed by atoms with Crippen molar-refractivity contribution in [1.29, 1.82) is 0 Å². The van der Waals surface area contributed by atoms with Crippen LogP contribution in [0.25, 0.3) is 16.7 Å². The van der Waals surface area contributed by atoms with Crippen LogP contribution < -0.4 is 15.6 Å². The quantitative estimate of drug-likeness (QED) is 0.580. The van der Waals surface area contributed by atoms with Crippen molar-refractivity contribution < 1.29 is 31.5 Å². The highest BCUT2D eigenvalue weighted by Crippen LogP contribution is 2.25. The molecule has 0 radical (unpaired) electrons. The summed E-state index contributed by atoms with van der Waals surface area (Å²) in [5.74, 6) is -3.31. The molecular weight excluding hydrogens is 463 g/mol. The number of anilines is 1. The van der Waals surface area contributed by atoms with E-state index in [4.69, 9.17) is 0 Å². The van der Waals surface area contributed by atoms with Crippen molar-refractivity contribution >= 4 is 28.7 Å². The number of halogens is 5. The smallest absolute Gasteiger partial charge is 0.340 e. The van der Waals surface area contributed by atoms with E-state index in [9.17, 15) is 36.3 Å². The molecule has 0 aliphatic carbocycles. The topological polar surface area (TPSA) is 84.3 Å². The lowest BCUT2D eigenvalue weighted by atomic mass is 10.1. The van der Waals surface area contributed by atoms with E-state index in [1.165, 1.54) is 17.0 Å². The van der Waals surface area contributed by atoms with Crippen LogP contribution in [-0.2, 0) is 4.79 Å². The molecule has 2 amide bonds. The molecule has 3 heterocycles. The third-order valence-corrected chi connectivity index (χ3v) is 5.44. The van der Waals surface area contributed by atoms with Crippen LogP contribution in [0, 0.1) is 11.6 Å². The van der Waals surface area contributed by atoms with Gasteiger partial charge in [0.1, 0.15) is 29.1 Å². The maximum atomic E-state index is 14.6. The Morgan fingerprint density at radius 3 is 2.50 bits per heavy atom. The summed E-state index contributed by atoms with van der Waals surface area (Å²) >= 11 is 0. The van der Waals surface area contributed by atoms with Gasteiger partial charge in [-0.15, -0.1) is 0 Å². The molecule has 4 rings (SSSR count). The largest absolute Gasteiger partial charge is 0.408 e. The van der Waals surface area contributed by atoms with Gasteiger partial charge in [0.2, 0.25) is 11.3 Å². The fourth-order valence-corrected chi connectivity index (χ4v) is 3.61. The van der Waals surface area contributed by atoms with Gasteiger partial charge in [-0.05, 0) is 37.6 Å². The zero-order chi connectivity index (χ0) is 24.8. The monoisotopic (exact) mass is 480 g/mol. The lowest BCUT2D eigenvalue weighted by Crippen LogP contribution is -2.44. The molecule has 34 heavy (non-hydrogen) atoms. The van der Waals surface area contributed by atoms with Crippen molar-refractivity contribution in [2.45, 2.75) is 32.0 Å². The van der Waals surface area contributed by atoms with Crippen LogP contribution in [0.1, 0.15) is 30.1 Å². The average Bonchev–Trinajstić information content (AvgIpc) is 3.19. The minimum Gasteiger partial charge on any atom is -0.340 e. The van der Waals surface area contributed by atoms with Gasteiger partial charge in [0.25, 0.3) is 5.91 Å². The number of alkyl halides is 3. The van der Waals surface area contributed by atoms with Gasteiger partial charge >= 0.3 is 6.18 Å². The molecule has 1 aliphatic rings. The number of nitrogens with one attached hydrogen (secondary N) is 1. The number of carbonyl (C=O) groups excluding carboxylic acids is 2. The van der Waals surface area contributed by atoms with Gasteiger partial charge in [-0.2, -0.15) is 13.2 Å². The number of rotatable bonds is 4. The molecule has 178 valence electrons. The third-order valence-electron chi connectivity index (χ3n) is 5.44. The Morgan fingerprint density at radius 2 is 1.88 bits per heavy atom. The average molecular weight is 480 g/mol. The molecule has 12 heteroatoms. The summed E-state index contributed by atoms with van der Waals surface area (Å²) in [5, 5.41) is 1.50. The predicted molar refractivity (Wildman–Crippen MR) is 112 cm³/mol. The highest BCUT2D eigenvalue weighted by atomic mass is 19.4. The zero-order valence-corrected chi connectivity index (χ0v) is 17.6. The molecule has 1 unspecified atom stereocenters. The van der Waals surface area contributed by atoms with Crippen LogP contribution in [0.15, 0.2) is 41.3 Å². The predicted octanol–water partition coefficient (Wildman–Crippen LogP) is 3.47. The van der Waals surface area contributed by atoms with E-state index in [2.05, 4.69) is 4.98 Å². The van der Waals surface area contributed by atoms with Gasteiger partial charge < -0.3 is 5.32 Å². The van der Waals surface area contributed by atoms with Crippen LogP contribution in [0.2, 0.25) is 0 Å². The maximum absolute atomic E-state index is 14.6. The van der Waals surface area contributed by atoms with Crippen LogP contribution >= 0.6 is 0 Å². The van der Waals surface area contributed by atoms with E-state index in [0.717, 1.165) is 22.9 Å². The van der Waals surface area contributed by atoms with Crippen LogP contribution in [0.3, 0.4) is 0 Å². The van der Waals surface area contributed by atoms with Gasteiger partial charge in [0.05, 0.1) is 11.1 Å². The van der Waals surface area contributed by atoms with Crippen molar-refractivity contribution in [1.82, 2.24) is 14.9 Å². The Kier molecular flexibility index (Phi) is 5.84. The van der Waals surface area contributed by atoms with E-state index >= 15 is 0 Å². The molecule has 1 fully saturated rings. The number of nitrogens with zero attached hydrogens (tertiary/aromatic N) is 3. The summed E-state index contributed by atoms with van der Waals surface area (Å²) in [7, 11) is 0. The van der Waals surface area contributed by atoms with Crippen molar-refractivity contribution in [3.63, 3.8) is 0 Å².